The molecule has 8 saturated heterocycles. The van der Waals surface area contributed by atoms with Gasteiger partial charge in [-0.25, -0.2) is 4.79 Å². The molecule has 0 bridgehead atoms. The van der Waals surface area contributed by atoms with Crippen molar-refractivity contribution in [3.63, 3.8) is 0 Å². The molecule has 138 heavy (non-hydrogen) atoms. The summed E-state index contributed by atoms with van der Waals surface area (Å²) in [5.41, 5.74) is -5.53. The Morgan fingerprint density at radius 1 is 0.471 bits per heavy atom. The quantitative estimate of drug-likeness (QED) is 0.00939. The van der Waals surface area contributed by atoms with Gasteiger partial charge in [-0.1, -0.05) is 93.7 Å². The van der Waals surface area contributed by atoms with Crippen LogP contribution in [-0.2, 0) is 109 Å². The van der Waals surface area contributed by atoms with E-state index in [9.17, 15) is 137 Å². The second kappa shape index (κ2) is 44.5. The third-order valence-corrected chi connectivity index (χ3v) is 33.2. The molecule has 23 N–H and O–H groups in total. The van der Waals surface area contributed by atoms with E-state index < -0.39 is 378 Å². The Balaban J connectivity index is 0.748. The number of aliphatic carboxylic acids is 1. The number of ether oxygens (including phenoxy) is 18. The molecule has 0 aromatic heterocycles. The number of esters is 3. The maximum absolute atomic E-state index is 16.4. The lowest BCUT2D eigenvalue weighted by Crippen LogP contribution is -2.69. The van der Waals surface area contributed by atoms with E-state index in [2.05, 4.69) is 26.8 Å². The molecule has 0 unspecified atom stereocenters. The topological polar surface area (TPSA) is 717 Å². The molecular weight excluding hydrogens is 1840 g/mol. The molecule has 5 aliphatic carbocycles. The fourth-order valence-electron chi connectivity index (χ4n) is 24.1. The molecule has 4 saturated carbocycles. The zero-order valence-corrected chi connectivity index (χ0v) is 79.6. The van der Waals surface area contributed by atoms with Gasteiger partial charge in [0.15, 0.2) is 62.3 Å². The minimum Gasteiger partial charge on any atom is -0.479 e. The molecule has 12 fully saturated rings. The SMILES string of the molecule is CC[C@H](C)[C@H](C[C@H](O)CC(=O)O[C@@H]1[C@H](O)[C@@H](O[C@@H]2O[C@@H](C)[C@H](O[C@@H]3OC[C@@H](O)[C@H](O[C@@H]4OC[C@@H](O)[C@H](O)[C@H]4O)[C@H]3O)[C@@H](O)[C@H]2O)[C@H](OC(=O)[C@]23CCC(C)(C)C[C@H]2C2=CC[C@@H]4[C@@]5(C)CC[C@H](O[C@@H]6O[C@H](C(=O)O)[C@@H](O)[C@H](O[C@@H]7OC[C@@H](O)[C@H](O)[C@H]7O)[C@H]6O[C@@H]6O[C@H](CO)[C@H](O)[C@H](O)[C@H]6O)[C@@](C)(C=O)[C@@H]5CC[C@@]4(C)[C@]2(C)C[C@H]3O)O[C@@H]1C)OC(=O)C[C@@H](O)C[C@H](O[C@@H]1O[C@@H](CO)[C@H](O)[C@H]1O)[C@@H](C)CC. The maximum Gasteiger partial charge on any atom is 0.335 e. The second-order valence-corrected chi connectivity index (χ2v) is 42.5. The van der Waals surface area contributed by atoms with Gasteiger partial charge in [-0.2, -0.15) is 0 Å². The van der Waals surface area contributed by atoms with Crippen molar-refractivity contribution in [3.8, 4) is 0 Å². The fourth-order valence-corrected chi connectivity index (χ4v) is 24.1. The highest BCUT2D eigenvalue weighted by atomic mass is 16.8. The van der Waals surface area contributed by atoms with Gasteiger partial charge in [0.25, 0.3) is 0 Å². The molecule has 0 aromatic carbocycles. The second-order valence-electron chi connectivity index (χ2n) is 42.5. The van der Waals surface area contributed by atoms with E-state index in [0.29, 0.717) is 51.4 Å². The lowest BCUT2D eigenvalue weighted by Gasteiger charge is -2.71. The fraction of sp³-hybridized carbons (Fsp3) is 0.924. The first kappa shape index (κ1) is 111. The first-order valence-corrected chi connectivity index (χ1v) is 48.4. The van der Waals surface area contributed by atoms with Crippen molar-refractivity contribution >= 4 is 30.2 Å². The van der Waals surface area contributed by atoms with Gasteiger partial charge in [0.05, 0.1) is 94.0 Å². The van der Waals surface area contributed by atoms with Gasteiger partial charge in [-0.3, -0.25) is 14.4 Å². The molecule has 792 valence electrons. The summed E-state index contributed by atoms with van der Waals surface area (Å²) in [6.45, 7) is 18.6. The highest BCUT2D eigenvalue weighted by molar-refractivity contribution is 5.80. The summed E-state index contributed by atoms with van der Waals surface area (Å²) in [4.78, 5) is 72.1. The summed E-state index contributed by atoms with van der Waals surface area (Å²) in [6, 6.07) is 0. The molecule has 46 nitrogen and oxygen atoms in total. The summed E-state index contributed by atoms with van der Waals surface area (Å²) in [5, 5.41) is 256. The molecule has 0 aromatic rings. The first-order chi connectivity index (χ1) is 64.8. The summed E-state index contributed by atoms with van der Waals surface area (Å²) >= 11 is 0. The van der Waals surface area contributed by atoms with Crippen LogP contribution >= 0.6 is 0 Å². The average molecular weight is 1990 g/mol. The summed E-state index contributed by atoms with van der Waals surface area (Å²) in [7, 11) is 0. The predicted octanol–water partition coefficient (Wildman–Crippen LogP) is -5.69. The van der Waals surface area contributed by atoms with Crippen molar-refractivity contribution in [1.82, 2.24) is 0 Å². The number of rotatable bonds is 34. The Kier molecular flexibility index (Phi) is 35.8. The Bertz CT molecular complexity index is 4080. The Hall–Kier alpha value is -4.19. The van der Waals surface area contributed by atoms with E-state index in [1.807, 2.05) is 20.8 Å². The molecule has 13 aliphatic rings. The van der Waals surface area contributed by atoms with Gasteiger partial charge in [0, 0.05) is 12.8 Å². The van der Waals surface area contributed by atoms with E-state index in [4.69, 9.17) is 85.3 Å². The highest BCUT2D eigenvalue weighted by Gasteiger charge is 2.74. The zero-order chi connectivity index (χ0) is 101. The number of aliphatic hydroxyl groups excluding tert-OH is 22. The van der Waals surface area contributed by atoms with Crippen molar-refractivity contribution in [1.29, 1.82) is 0 Å². The van der Waals surface area contributed by atoms with Crippen LogP contribution < -0.4 is 0 Å². The molecule has 0 radical (unpaired) electrons. The molecule has 46 heteroatoms. The van der Waals surface area contributed by atoms with Crippen molar-refractivity contribution in [2.45, 2.75) is 437 Å². The number of aldehydes is 1. The van der Waals surface area contributed by atoms with Crippen LogP contribution in [0.4, 0.5) is 0 Å². The Labute approximate surface area is 797 Å². The number of fused-ring (bicyclic) bond motifs is 7. The van der Waals surface area contributed by atoms with E-state index in [-0.39, 0.29) is 43.9 Å². The van der Waals surface area contributed by atoms with Gasteiger partial charge in [-0.15, -0.1) is 0 Å². The van der Waals surface area contributed by atoms with Crippen LogP contribution in [0.1, 0.15) is 179 Å². The lowest BCUT2D eigenvalue weighted by atomic mass is 9.33. The van der Waals surface area contributed by atoms with E-state index >= 15 is 4.79 Å². The number of aliphatic hydroxyl groups is 22. The number of carbonyl (C=O) groups excluding carboxylic acids is 4. The van der Waals surface area contributed by atoms with E-state index in [1.54, 1.807) is 27.7 Å². The van der Waals surface area contributed by atoms with Crippen molar-refractivity contribution in [3.05, 3.63) is 11.6 Å². The van der Waals surface area contributed by atoms with Crippen LogP contribution in [0.15, 0.2) is 11.6 Å². The molecule has 0 amide bonds. The first-order valence-electron chi connectivity index (χ1n) is 48.4. The monoisotopic (exact) mass is 1990 g/mol. The highest BCUT2D eigenvalue weighted by Crippen LogP contribution is 2.76. The van der Waals surface area contributed by atoms with Crippen LogP contribution in [0.25, 0.3) is 0 Å². The number of carboxylic acids is 1. The summed E-state index contributed by atoms with van der Waals surface area (Å²) < 4.78 is 108. The van der Waals surface area contributed by atoms with Crippen LogP contribution in [0.2, 0.25) is 0 Å². The minimum absolute atomic E-state index is 0.0129. The van der Waals surface area contributed by atoms with Crippen LogP contribution in [-0.4, -0.2) is 439 Å². The van der Waals surface area contributed by atoms with Crippen molar-refractivity contribution in [2.24, 2.45) is 62.1 Å². The minimum atomic E-state index is -2.27. The van der Waals surface area contributed by atoms with Crippen LogP contribution in [0.5, 0.6) is 0 Å². The Morgan fingerprint density at radius 2 is 0.978 bits per heavy atom. The molecule has 13 rings (SSSR count). The van der Waals surface area contributed by atoms with Gasteiger partial charge < -0.3 is 208 Å². The van der Waals surface area contributed by atoms with Gasteiger partial charge in [-0.05, 0) is 123 Å². The lowest BCUT2D eigenvalue weighted by molar-refractivity contribution is -0.391. The third kappa shape index (κ3) is 21.6. The van der Waals surface area contributed by atoms with E-state index in [1.165, 1.54) is 13.8 Å². The van der Waals surface area contributed by atoms with Crippen molar-refractivity contribution < 1.29 is 227 Å². The normalized spacial score (nSPS) is 48.8. The Morgan fingerprint density at radius 3 is 1.58 bits per heavy atom. The molecule has 8 heterocycles. The summed E-state index contributed by atoms with van der Waals surface area (Å²) in [5.74, 6) is -7.25. The number of hydrogen-bond donors (Lipinski definition) is 23. The molecule has 0 spiro atoms. The predicted molar refractivity (Wildman–Crippen MR) is 458 cm³/mol. The number of carbonyl (C=O) groups is 5. The largest absolute Gasteiger partial charge is 0.479 e. The van der Waals surface area contributed by atoms with Gasteiger partial charge in [0.1, 0.15) is 158 Å². The number of allylic oxidation sites excluding steroid dienone is 2. The number of carboxylic acid groups (broad SMARTS) is 1. The van der Waals surface area contributed by atoms with Crippen molar-refractivity contribution in [2.75, 3.05) is 33.0 Å². The van der Waals surface area contributed by atoms with Gasteiger partial charge in [0.2, 0.25) is 6.29 Å². The molecule has 52 atom stereocenters. The number of hydrogen-bond acceptors (Lipinski definition) is 45. The summed E-state index contributed by atoms with van der Waals surface area (Å²) in [6.07, 6.45) is -69.7. The molecular formula is C92H148O46. The molecule has 8 aliphatic heterocycles. The third-order valence-electron chi connectivity index (χ3n) is 33.2. The smallest absolute Gasteiger partial charge is 0.335 e. The standard InChI is InChI=1S/C92H148O46/c1-13-35(3)46(126-54(102)25-40(97)24-47(36(4)14-2)127-82-64(112)59(107)49(30-94)128-82)23-39(96)26-55(103)131-71-38(6)125-84(75(67(71)115)136-81-66(114)61(109)70(37(5)124-81)132-80-69(117)72(45(100)33-123-80)133-78-62(110)56(104)43(98)31-121-78)138-86(120)92-22-21-87(7,8)27-42(92)41-15-16-51-88(9)19-18-53(89(10,34-95)50(88)17-20-90(51,11)91(41,12)28-52(92)101)130-85-76(137-83-65(113)60(108)58(106)48(29-93)129-83)73(68(116)74(135-85)77(118)119)134-79-63(111)57(105)44(99)32-122-79/h15,34-40,42-53,56-76,78-85,93-94,96-101,104-117H,13-14,16-33H2,1-12H3,(H,118,119)/t35-,36-,37-,38+,39-,40-,42-,43+,44+,45+,46-,47-,48+,49-,50+,51+,52+,53-,56-,57-,58-,59-,60-,61-,62+,63+,64+,65+,66+,67-,68-,69+,70-,71-,72-,73-,74-,75+,76+,78-,79-,80-,81-,82+,83-,84-,85+,88-,89-,90+,91+,92+/m0/s1. The van der Waals surface area contributed by atoms with Gasteiger partial charge >= 0.3 is 23.9 Å². The van der Waals surface area contributed by atoms with E-state index in [0.717, 1.165) is 11.9 Å². The maximum atomic E-state index is 16.4. The van der Waals surface area contributed by atoms with Crippen LogP contribution in [0.3, 0.4) is 0 Å². The zero-order valence-electron chi connectivity index (χ0n) is 79.6. The average Bonchev–Trinajstić information content (AvgIpc) is 0.699. The van der Waals surface area contributed by atoms with Crippen LogP contribution in [0, 0.1) is 62.1 Å².